The zero-order valence-corrected chi connectivity index (χ0v) is 9.06. The maximum atomic E-state index is 10.2. The van der Waals surface area contributed by atoms with Gasteiger partial charge in [-0.05, 0) is 35.3 Å². The van der Waals surface area contributed by atoms with Crippen molar-refractivity contribution in [3.63, 3.8) is 0 Å². The highest BCUT2D eigenvalue weighted by atomic mass is 35.5. The van der Waals surface area contributed by atoms with Crippen LogP contribution in [0.25, 0.3) is 0 Å². The van der Waals surface area contributed by atoms with E-state index in [0.717, 1.165) is 6.42 Å². The zero-order chi connectivity index (χ0) is 10.2. The highest BCUT2D eigenvalue weighted by molar-refractivity contribution is 6.21. The Balaban J connectivity index is 1.86. The molecular formula is C13H13ClO. The van der Waals surface area contributed by atoms with Crippen LogP contribution in [-0.2, 0) is 0 Å². The van der Waals surface area contributed by atoms with E-state index >= 15 is 0 Å². The Morgan fingerprint density at radius 3 is 2.53 bits per heavy atom. The van der Waals surface area contributed by atoms with Crippen molar-refractivity contribution >= 4 is 11.6 Å². The van der Waals surface area contributed by atoms with Crippen LogP contribution in [0.3, 0.4) is 0 Å². The molecule has 0 amide bonds. The molecule has 0 aliphatic heterocycles. The molecule has 15 heavy (non-hydrogen) atoms. The van der Waals surface area contributed by atoms with Crippen LogP contribution in [0.5, 0.6) is 0 Å². The van der Waals surface area contributed by atoms with Crippen LogP contribution in [0.4, 0.5) is 0 Å². The first kappa shape index (κ1) is 8.60. The fourth-order valence-electron chi connectivity index (χ4n) is 4.20. The van der Waals surface area contributed by atoms with Gasteiger partial charge >= 0.3 is 0 Å². The number of hydrogen-bond donors (Lipinski definition) is 1. The molecule has 0 radical (unpaired) electrons. The molecule has 4 rings (SSSR count). The molecule has 2 heteroatoms. The van der Waals surface area contributed by atoms with Gasteiger partial charge in [-0.2, -0.15) is 0 Å². The minimum Gasteiger partial charge on any atom is -0.392 e. The fraction of sp³-hybridized carbons (Fsp3) is 0.538. The van der Waals surface area contributed by atoms with Gasteiger partial charge in [-0.15, -0.1) is 11.6 Å². The molecule has 78 valence electrons. The van der Waals surface area contributed by atoms with Crippen LogP contribution >= 0.6 is 11.6 Å². The predicted octanol–water partition coefficient (Wildman–Crippen LogP) is 2.49. The van der Waals surface area contributed by atoms with Gasteiger partial charge in [0.25, 0.3) is 0 Å². The molecule has 0 heterocycles. The van der Waals surface area contributed by atoms with Crippen LogP contribution in [0, 0.1) is 11.8 Å². The molecular weight excluding hydrogens is 208 g/mol. The normalized spacial score (nSPS) is 49.7. The molecule has 2 fully saturated rings. The van der Waals surface area contributed by atoms with Crippen molar-refractivity contribution in [2.24, 2.45) is 11.8 Å². The number of aliphatic hydroxyl groups excluding tert-OH is 1. The summed E-state index contributed by atoms with van der Waals surface area (Å²) < 4.78 is 0. The lowest BCUT2D eigenvalue weighted by molar-refractivity contribution is 0.126. The summed E-state index contributed by atoms with van der Waals surface area (Å²) in [5, 5.41) is 10.4. The molecule has 1 aromatic rings. The number of hydrogen-bond acceptors (Lipinski definition) is 1. The first-order chi connectivity index (χ1) is 7.29. The topological polar surface area (TPSA) is 20.2 Å². The van der Waals surface area contributed by atoms with Crippen LogP contribution in [0.2, 0.25) is 0 Å². The highest BCUT2D eigenvalue weighted by Crippen LogP contribution is 2.68. The Hall–Kier alpha value is -0.530. The number of rotatable bonds is 0. The molecule has 0 saturated heterocycles. The Labute approximate surface area is 94.1 Å². The summed E-state index contributed by atoms with van der Waals surface area (Å²) in [6.45, 7) is 0. The van der Waals surface area contributed by atoms with Gasteiger partial charge in [0.1, 0.15) is 0 Å². The highest BCUT2D eigenvalue weighted by Gasteiger charge is 2.63. The number of aliphatic hydroxyl groups is 1. The van der Waals surface area contributed by atoms with Crippen molar-refractivity contribution < 1.29 is 5.11 Å². The van der Waals surface area contributed by atoms with Gasteiger partial charge in [0, 0.05) is 11.3 Å². The Kier molecular flexibility index (Phi) is 1.48. The lowest BCUT2D eigenvalue weighted by Crippen LogP contribution is -2.34. The van der Waals surface area contributed by atoms with Crippen molar-refractivity contribution in [2.75, 3.05) is 0 Å². The third-order valence-corrected chi connectivity index (χ3v) is 5.19. The molecule has 1 N–H and O–H groups in total. The van der Waals surface area contributed by atoms with Crippen molar-refractivity contribution in [2.45, 2.75) is 29.7 Å². The molecule has 0 aromatic heterocycles. The molecule has 2 bridgehead atoms. The minimum atomic E-state index is -0.158. The minimum absolute atomic E-state index is 0.158. The van der Waals surface area contributed by atoms with E-state index in [-0.39, 0.29) is 11.5 Å². The van der Waals surface area contributed by atoms with Crippen LogP contribution < -0.4 is 0 Å². The van der Waals surface area contributed by atoms with Gasteiger partial charge in [0.05, 0.1) is 6.10 Å². The maximum Gasteiger partial charge on any atom is 0.0623 e. The van der Waals surface area contributed by atoms with Gasteiger partial charge < -0.3 is 5.11 Å². The summed E-state index contributed by atoms with van der Waals surface area (Å²) in [6.07, 6.45) is 0.845. The summed E-state index contributed by atoms with van der Waals surface area (Å²) in [7, 11) is 0. The molecule has 2 saturated carbocycles. The molecule has 3 aliphatic rings. The van der Waals surface area contributed by atoms with Crippen LogP contribution in [0.1, 0.15) is 29.4 Å². The van der Waals surface area contributed by atoms with Crippen molar-refractivity contribution in [3.8, 4) is 0 Å². The average Bonchev–Trinajstić information content (AvgIpc) is 2.61. The number of benzene rings is 1. The standard InChI is InChI=1S/C13H13ClO/c14-9-5-8-10-6-3-1-2-4-7(6)11(10)12(9)13(8)15/h1-4,8-13,15H,5H2/t8-,9+,10-,11-,12+,13+/m1/s1. The largest absolute Gasteiger partial charge is 0.392 e. The predicted molar refractivity (Wildman–Crippen MR) is 59.2 cm³/mol. The third-order valence-electron chi connectivity index (χ3n) is 4.73. The second kappa shape index (κ2) is 2.58. The molecule has 6 atom stereocenters. The number of alkyl halides is 1. The Morgan fingerprint density at radius 1 is 1.13 bits per heavy atom. The molecule has 1 nitrogen and oxygen atoms in total. The first-order valence-electron chi connectivity index (χ1n) is 5.70. The monoisotopic (exact) mass is 220 g/mol. The first-order valence-corrected chi connectivity index (χ1v) is 6.13. The number of halogens is 1. The van der Waals surface area contributed by atoms with Gasteiger partial charge in [-0.25, -0.2) is 0 Å². The van der Waals surface area contributed by atoms with Crippen LogP contribution in [0.15, 0.2) is 24.3 Å². The molecule has 1 aromatic carbocycles. The Morgan fingerprint density at radius 2 is 1.80 bits per heavy atom. The van der Waals surface area contributed by atoms with Gasteiger partial charge in [-0.1, -0.05) is 24.3 Å². The van der Waals surface area contributed by atoms with Gasteiger partial charge in [0.15, 0.2) is 0 Å². The van der Waals surface area contributed by atoms with E-state index in [4.69, 9.17) is 11.6 Å². The lowest BCUT2D eigenvalue weighted by atomic mass is 9.61. The summed E-state index contributed by atoms with van der Waals surface area (Å²) >= 11 is 6.30. The summed E-state index contributed by atoms with van der Waals surface area (Å²) in [6, 6.07) is 8.61. The van der Waals surface area contributed by atoms with Gasteiger partial charge in [0.2, 0.25) is 0 Å². The van der Waals surface area contributed by atoms with Crippen molar-refractivity contribution in [1.82, 2.24) is 0 Å². The van der Waals surface area contributed by atoms with E-state index in [1.807, 2.05) is 0 Å². The molecule has 0 spiro atoms. The third kappa shape index (κ3) is 0.821. The van der Waals surface area contributed by atoms with Crippen molar-refractivity contribution in [1.29, 1.82) is 0 Å². The van der Waals surface area contributed by atoms with Crippen LogP contribution in [-0.4, -0.2) is 16.6 Å². The smallest absolute Gasteiger partial charge is 0.0623 e. The quantitative estimate of drug-likeness (QED) is 0.666. The van der Waals surface area contributed by atoms with Gasteiger partial charge in [-0.3, -0.25) is 0 Å². The Bertz CT molecular complexity index is 430. The number of fused-ring (bicyclic) bond motifs is 8. The zero-order valence-electron chi connectivity index (χ0n) is 8.31. The second-order valence-electron chi connectivity index (χ2n) is 5.16. The van der Waals surface area contributed by atoms with E-state index in [1.165, 1.54) is 11.1 Å². The van der Waals surface area contributed by atoms with E-state index in [1.54, 1.807) is 0 Å². The summed E-state index contributed by atoms with van der Waals surface area (Å²) in [5.74, 6) is 1.91. The maximum absolute atomic E-state index is 10.2. The summed E-state index contributed by atoms with van der Waals surface area (Å²) in [4.78, 5) is 0. The molecule has 3 aliphatic carbocycles. The fourth-order valence-corrected chi connectivity index (χ4v) is 4.72. The van der Waals surface area contributed by atoms with E-state index in [9.17, 15) is 5.11 Å². The lowest BCUT2D eigenvalue weighted by Gasteiger charge is -2.43. The summed E-state index contributed by atoms with van der Waals surface area (Å²) in [5.41, 5.74) is 2.91. The average molecular weight is 221 g/mol. The van der Waals surface area contributed by atoms with E-state index in [2.05, 4.69) is 24.3 Å². The van der Waals surface area contributed by atoms with Crippen molar-refractivity contribution in [3.05, 3.63) is 35.4 Å². The van der Waals surface area contributed by atoms with E-state index in [0.29, 0.717) is 23.7 Å². The SMILES string of the molecule is O[C@H]1[C@@H]2C[C@H](Cl)[C@H]1[C@@H]1c3ccccc3[C@H]21. The molecule has 0 unspecified atom stereocenters. The van der Waals surface area contributed by atoms with E-state index < -0.39 is 0 Å². The second-order valence-corrected chi connectivity index (χ2v) is 5.72.